The smallest absolute Gasteiger partial charge is 0.220 e. The third-order valence-electron chi connectivity index (χ3n) is 2.89. The Morgan fingerprint density at radius 3 is 2.72 bits per heavy atom. The third-order valence-corrected chi connectivity index (χ3v) is 2.89. The van der Waals surface area contributed by atoms with Crippen molar-refractivity contribution in [3.05, 3.63) is 11.9 Å². The first-order valence-corrected chi connectivity index (χ1v) is 6.56. The van der Waals surface area contributed by atoms with Gasteiger partial charge in [0.15, 0.2) is 0 Å². The summed E-state index contributed by atoms with van der Waals surface area (Å²) < 4.78 is 1.84. The molecule has 1 rings (SSSR count). The number of hydrogen-bond donors (Lipinski definition) is 1. The van der Waals surface area contributed by atoms with Crippen LogP contribution in [-0.2, 0) is 16.9 Å². The molecule has 5 heteroatoms. The van der Waals surface area contributed by atoms with Crippen molar-refractivity contribution in [3.8, 4) is 0 Å². The highest BCUT2D eigenvalue weighted by molar-refractivity contribution is 5.76. The number of carbonyl (C=O) groups is 1. The minimum atomic E-state index is -0.469. The fourth-order valence-corrected chi connectivity index (χ4v) is 1.59. The molecule has 18 heavy (non-hydrogen) atoms. The molecule has 0 bridgehead atoms. The summed E-state index contributed by atoms with van der Waals surface area (Å²) >= 11 is 0. The summed E-state index contributed by atoms with van der Waals surface area (Å²) in [5.74, 6) is 0.669. The summed E-state index contributed by atoms with van der Waals surface area (Å²) in [6.45, 7) is 11.0. The first kappa shape index (κ1) is 14.7. The fraction of sp³-hybridized carbons (Fsp3) is 0.769. The predicted molar refractivity (Wildman–Crippen MR) is 70.9 cm³/mol. The lowest BCUT2D eigenvalue weighted by atomic mass is 10.0. The number of nitrogens with zero attached hydrogens (tertiary/aromatic N) is 3. The van der Waals surface area contributed by atoms with E-state index < -0.39 is 5.54 Å². The van der Waals surface area contributed by atoms with Crippen LogP contribution in [0.15, 0.2) is 6.20 Å². The van der Waals surface area contributed by atoms with Crippen molar-refractivity contribution in [1.82, 2.24) is 20.3 Å². The van der Waals surface area contributed by atoms with Gasteiger partial charge in [0.2, 0.25) is 5.91 Å². The molecule has 0 aromatic carbocycles. The molecular formula is C13H24N4O. The van der Waals surface area contributed by atoms with Crippen LogP contribution in [0.2, 0.25) is 0 Å². The number of aromatic nitrogens is 3. The van der Waals surface area contributed by atoms with Crippen LogP contribution in [0.1, 0.15) is 53.2 Å². The zero-order valence-electron chi connectivity index (χ0n) is 12.0. The van der Waals surface area contributed by atoms with E-state index in [4.69, 9.17) is 0 Å². The first-order chi connectivity index (χ1) is 8.35. The summed E-state index contributed by atoms with van der Waals surface area (Å²) in [5.41, 5.74) is 0.330. The van der Waals surface area contributed by atoms with Gasteiger partial charge in [0, 0.05) is 13.0 Å². The van der Waals surface area contributed by atoms with E-state index in [0.717, 1.165) is 18.7 Å². The molecule has 0 radical (unpaired) electrons. The van der Waals surface area contributed by atoms with Gasteiger partial charge in [0.05, 0.1) is 11.7 Å². The topological polar surface area (TPSA) is 59.8 Å². The molecule has 1 N–H and O–H groups in total. The van der Waals surface area contributed by atoms with Crippen LogP contribution in [0.4, 0.5) is 0 Å². The standard InChI is InChI=1S/C13H24N4O/c1-6-12(18)14-13(4,5)11-9-17(16-15-11)8-7-10(2)3/h9-10H,6-8H2,1-5H3,(H,14,18). The van der Waals surface area contributed by atoms with Gasteiger partial charge in [-0.1, -0.05) is 26.0 Å². The second-order valence-electron chi connectivity index (χ2n) is 5.58. The van der Waals surface area contributed by atoms with Gasteiger partial charge in [0.1, 0.15) is 5.69 Å². The maximum absolute atomic E-state index is 11.5. The molecule has 0 aliphatic rings. The third kappa shape index (κ3) is 4.13. The Morgan fingerprint density at radius 1 is 1.50 bits per heavy atom. The first-order valence-electron chi connectivity index (χ1n) is 6.56. The van der Waals surface area contributed by atoms with Gasteiger partial charge in [-0.2, -0.15) is 0 Å². The van der Waals surface area contributed by atoms with Crippen LogP contribution in [-0.4, -0.2) is 20.9 Å². The van der Waals surface area contributed by atoms with Crippen LogP contribution >= 0.6 is 0 Å². The second-order valence-corrected chi connectivity index (χ2v) is 5.58. The highest BCUT2D eigenvalue weighted by Crippen LogP contribution is 2.17. The quantitative estimate of drug-likeness (QED) is 0.843. The Bertz CT molecular complexity index is 395. The maximum atomic E-state index is 11.5. The van der Waals surface area contributed by atoms with Crippen molar-refractivity contribution < 1.29 is 4.79 Å². The predicted octanol–water partition coefficient (Wildman–Crippen LogP) is 2.09. The highest BCUT2D eigenvalue weighted by atomic mass is 16.1. The van der Waals surface area contributed by atoms with E-state index in [1.165, 1.54) is 0 Å². The summed E-state index contributed by atoms with van der Waals surface area (Å²) in [7, 11) is 0. The average Bonchev–Trinajstić information content (AvgIpc) is 2.75. The molecule has 0 saturated carbocycles. The average molecular weight is 252 g/mol. The lowest BCUT2D eigenvalue weighted by Gasteiger charge is -2.23. The van der Waals surface area contributed by atoms with Gasteiger partial charge < -0.3 is 5.32 Å². The van der Waals surface area contributed by atoms with Crippen molar-refractivity contribution in [2.45, 2.75) is 59.5 Å². The van der Waals surface area contributed by atoms with E-state index in [9.17, 15) is 4.79 Å². The lowest BCUT2D eigenvalue weighted by Crippen LogP contribution is -2.40. The van der Waals surface area contributed by atoms with Crippen LogP contribution in [0.25, 0.3) is 0 Å². The number of amides is 1. The zero-order chi connectivity index (χ0) is 13.8. The molecule has 0 aliphatic heterocycles. The maximum Gasteiger partial charge on any atom is 0.220 e. The molecule has 1 heterocycles. The molecule has 0 saturated heterocycles. The van der Waals surface area contributed by atoms with Gasteiger partial charge in [-0.05, 0) is 26.2 Å². The van der Waals surface area contributed by atoms with Crippen LogP contribution in [0.5, 0.6) is 0 Å². The normalized spacial score (nSPS) is 11.9. The number of hydrogen-bond acceptors (Lipinski definition) is 3. The van der Waals surface area contributed by atoms with Crippen molar-refractivity contribution in [3.63, 3.8) is 0 Å². The molecule has 102 valence electrons. The second kappa shape index (κ2) is 5.98. The van der Waals surface area contributed by atoms with Crippen molar-refractivity contribution >= 4 is 5.91 Å². The molecule has 1 amide bonds. The minimum Gasteiger partial charge on any atom is -0.345 e. The van der Waals surface area contributed by atoms with E-state index >= 15 is 0 Å². The van der Waals surface area contributed by atoms with Crippen molar-refractivity contribution in [2.75, 3.05) is 0 Å². The fourth-order valence-electron chi connectivity index (χ4n) is 1.59. The van der Waals surface area contributed by atoms with Crippen molar-refractivity contribution in [2.24, 2.45) is 5.92 Å². The van der Waals surface area contributed by atoms with Gasteiger partial charge in [-0.15, -0.1) is 5.10 Å². The Morgan fingerprint density at radius 2 is 2.17 bits per heavy atom. The summed E-state index contributed by atoms with van der Waals surface area (Å²) in [4.78, 5) is 11.5. The van der Waals surface area contributed by atoms with Gasteiger partial charge >= 0.3 is 0 Å². The number of aryl methyl sites for hydroxylation is 1. The molecule has 0 unspecified atom stereocenters. The van der Waals surface area contributed by atoms with Crippen LogP contribution < -0.4 is 5.32 Å². The van der Waals surface area contributed by atoms with E-state index in [1.807, 2.05) is 31.6 Å². The van der Waals surface area contributed by atoms with E-state index in [1.54, 1.807) is 0 Å². The van der Waals surface area contributed by atoms with E-state index in [-0.39, 0.29) is 5.91 Å². The molecule has 0 spiro atoms. The minimum absolute atomic E-state index is 0.0248. The molecule has 0 atom stereocenters. The Hall–Kier alpha value is -1.39. The van der Waals surface area contributed by atoms with Gasteiger partial charge in [-0.3, -0.25) is 9.48 Å². The molecule has 0 fully saturated rings. The van der Waals surface area contributed by atoms with Crippen LogP contribution in [0.3, 0.4) is 0 Å². The summed E-state index contributed by atoms with van der Waals surface area (Å²) in [6, 6.07) is 0. The Balaban J connectivity index is 2.68. The van der Waals surface area contributed by atoms with Crippen molar-refractivity contribution in [1.29, 1.82) is 0 Å². The molecule has 1 aromatic rings. The summed E-state index contributed by atoms with van der Waals surface area (Å²) in [5, 5.41) is 11.2. The largest absolute Gasteiger partial charge is 0.345 e. The van der Waals surface area contributed by atoms with Crippen LogP contribution in [0, 0.1) is 5.92 Å². The molecular weight excluding hydrogens is 228 g/mol. The summed E-state index contributed by atoms with van der Waals surface area (Å²) in [6.07, 6.45) is 3.47. The Kier molecular flexibility index (Phi) is 4.87. The highest BCUT2D eigenvalue weighted by Gasteiger charge is 2.25. The monoisotopic (exact) mass is 252 g/mol. The van der Waals surface area contributed by atoms with E-state index in [0.29, 0.717) is 12.3 Å². The number of nitrogens with one attached hydrogen (secondary N) is 1. The zero-order valence-corrected chi connectivity index (χ0v) is 12.0. The van der Waals surface area contributed by atoms with E-state index in [2.05, 4.69) is 29.5 Å². The molecule has 5 nitrogen and oxygen atoms in total. The number of rotatable bonds is 6. The van der Waals surface area contributed by atoms with Gasteiger partial charge in [-0.25, -0.2) is 0 Å². The number of carbonyl (C=O) groups excluding carboxylic acids is 1. The Labute approximate surface area is 109 Å². The van der Waals surface area contributed by atoms with Gasteiger partial charge in [0.25, 0.3) is 0 Å². The molecule has 1 aromatic heterocycles. The lowest BCUT2D eigenvalue weighted by molar-refractivity contribution is -0.122. The SMILES string of the molecule is CCC(=O)NC(C)(C)c1cn(CCC(C)C)nn1. The molecule has 0 aliphatic carbocycles.